The highest BCUT2D eigenvalue weighted by atomic mass is 35.5. The number of methoxy groups -OCH3 is 4. The minimum Gasteiger partial charge on any atom is -0.495 e. The number of Topliss-reactive ketones (excluding diaryl/α,β-unsaturated/α-hetero) is 1. The molecule has 11 heteroatoms. The van der Waals surface area contributed by atoms with Gasteiger partial charge in [0.2, 0.25) is 6.04 Å². The van der Waals surface area contributed by atoms with Crippen LogP contribution in [0.15, 0.2) is 34.5 Å². The van der Waals surface area contributed by atoms with Crippen LogP contribution < -0.4 is 24.3 Å². The van der Waals surface area contributed by atoms with Crippen molar-refractivity contribution >= 4 is 46.3 Å². The van der Waals surface area contributed by atoms with Crippen LogP contribution in [-0.4, -0.2) is 46.2 Å². The Morgan fingerprint density at radius 2 is 1.48 bits per heavy atom. The van der Waals surface area contributed by atoms with E-state index in [0.29, 0.717) is 17.2 Å². The topological polar surface area (TPSA) is 108 Å². The van der Waals surface area contributed by atoms with Crippen LogP contribution in [0.1, 0.15) is 6.92 Å². The van der Waals surface area contributed by atoms with Gasteiger partial charge in [-0.3, -0.25) is 9.59 Å². The Morgan fingerprint density at radius 3 is 1.97 bits per heavy atom. The van der Waals surface area contributed by atoms with Crippen LogP contribution in [0.4, 0.5) is 11.4 Å². The Bertz CT molecular complexity index is 988. The number of nitrogens with zero attached hydrogens (tertiary/aromatic N) is 2. The first-order valence-corrected chi connectivity index (χ1v) is 9.57. The van der Waals surface area contributed by atoms with Gasteiger partial charge < -0.3 is 24.3 Å². The van der Waals surface area contributed by atoms with Crippen LogP contribution in [0, 0.1) is 0 Å². The SMILES string of the molecule is COc1cc(N=NC(C(C)=O)C(=O)Nc2ccc(OC)c(Cl)c2OC)cc(OC)c1Cl. The minimum absolute atomic E-state index is 0.171. The predicted molar refractivity (Wildman–Crippen MR) is 117 cm³/mol. The van der Waals surface area contributed by atoms with Gasteiger partial charge >= 0.3 is 0 Å². The summed E-state index contributed by atoms with van der Waals surface area (Å²) in [5.74, 6) is -0.0880. The molecule has 2 rings (SSSR count). The smallest absolute Gasteiger partial charge is 0.258 e. The van der Waals surface area contributed by atoms with Crippen molar-refractivity contribution in [2.45, 2.75) is 13.0 Å². The molecule has 0 saturated carbocycles. The number of azo groups is 1. The molecule has 0 aromatic heterocycles. The van der Waals surface area contributed by atoms with E-state index in [1.807, 2.05) is 0 Å². The standard InChI is InChI=1S/C20H21Cl2N3O6/c1-10(26)18(25-24-11-8-14(29-3)16(21)15(9-11)30-4)20(27)23-12-6-7-13(28-2)17(22)19(12)31-5/h6-9,18H,1-5H3,(H,23,27). The molecule has 0 spiro atoms. The van der Waals surface area contributed by atoms with Gasteiger partial charge in [-0.25, -0.2) is 0 Å². The number of ketones is 1. The normalized spacial score (nSPS) is 11.7. The Labute approximate surface area is 189 Å². The zero-order chi connectivity index (χ0) is 23.1. The number of nitrogens with one attached hydrogen (secondary N) is 1. The quantitative estimate of drug-likeness (QED) is 0.420. The van der Waals surface area contributed by atoms with Gasteiger partial charge in [0.15, 0.2) is 11.5 Å². The van der Waals surface area contributed by atoms with Crippen molar-refractivity contribution in [3.63, 3.8) is 0 Å². The fraction of sp³-hybridized carbons (Fsp3) is 0.300. The van der Waals surface area contributed by atoms with Crippen molar-refractivity contribution in [3.05, 3.63) is 34.3 Å². The van der Waals surface area contributed by atoms with Crippen molar-refractivity contribution in [3.8, 4) is 23.0 Å². The number of halogens is 2. The van der Waals surface area contributed by atoms with Crippen molar-refractivity contribution in [2.75, 3.05) is 33.8 Å². The lowest BCUT2D eigenvalue weighted by Gasteiger charge is -2.15. The Kier molecular flexibility index (Phi) is 8.47. The van der Waals surface area contributed by atoms with Crippen molar-refractivity contribution in [1.82, 2.24) is 0 Å². The van der Waals surface area contributed by atoms with E-state index in [1.165, 1.54) is 53.6 Å². The van der Waals surface area contributed by atoms with Gasteiger partial charge in [0.1, 0.15) is 27.3 Å². The molecule has 166 valence electrons. The summed E-state index contributed by atoms with van der Waals surface area (Å²) in [6.45, 7) is 1.23. The zero-order valence-electron chi connectivity index (χ0n) is 17.5. The molecule has 0 aliphatic rings. The molecule has 0 heterocycles. The number of benzene rings is 2. The third-order valence-electron chi connectivity index (χ3n) is 4.10. The molecule has 31 heavy (non-hydrogen) atoms. The van der Waals surface area contributed by atoms with E-state index in [2.05, 4.69) is 15.5 Å². The molecule has 0 bridgehead atoms. The molecule has 0 radical (unpaired) electrons. The van der Waals surface area contributed by atoms with Gasteiger partial charge in [-0.1, -0.05) is 23.2 Å². The third-order valence-corrected chi connectivity index (χ3v) is 4.83. The van der Waals surface area contributed by atoms with Gasteiger partial charge in [-0.15, -0.1) is 0 Å². The van der Waals surface area contributed by atoms with Gasteiger partial charge in [-0.05, 0) is 19.1 Å². The van der Waals surface area contributed by atoms with E-state index in [9.17, 15) is 9.59 Å². The molecule has 1 unspecified atom stereocenters. The van der Waals surface area contributed by atoms with Crippen LogP contribution in [-0.2, 0) is 9.59 Å². The first-order chi connectivity index (χ1) is 14.8. The van der Waals surface area contributed by atoms with E-state index in [4.69, 9.17) is 42.1 Å². The van der Waals surface area contributed by atoms with Crippen molar-refractivity contribution in [1.29, 1.82) is 0 Å². The van der Waals surface area contributed by atoms with Gasteiger partial charge in [0.05, 0.1) is 39.8 Å². The third kappa shape index (κ3) is 5.56. The molecule has 1 N–H and O–H groups in total. The maximum absolute atomic E-state index is 12.7. The molecular formula is C20H21Cl2N3O6. The molecule has 9 nitrogen and oxygen atoms in total. The van der Waals surface area contributed by atoms with E-state index >= 15 is 0 Å². The molecule has 0 aliphatic carbocycles. The number of carbonyl (C=O) groups excluding carboxylic acids is 2. The number of ether oxygens (including phenoxy) is 4. The summed E-state index contributed by atoms with van der Waals surface area (Å²) < 4.78 is 20.7. The van der Waals surface area contributed by atoms with E-state index in [0.717, 1.165) is 0 Å². The van der Waals surface area contributed by atoms with E-state index < -0.39 is 17.7 Å². The second kappa shape index (κ2) is 10.8. The fourth-order valence-corrected chi connectivity index (χ4v) is 3.13. The summed E-state index contributed by atoms with van der Waals surface area (Å²) >= 11 is 12.3. The molecule has 1 amide bonds. The van der Waals surface area contributed by atoms with E-state index in [-0.39, 0.29) is 27.2 Å². The summed E-state index contributed by atoms with van der Waals surface area (Å²) in [6, 6.07) is 4.66. The van der Waals surface area contributed by atoms with Crippen LogP contribution in [0.2, 0.25) is 10.0 Å². The van der Waals surface area contributed by atoms with E-state index in [1.54, 1.807) is 6.07 Å². The lowest BCUT2D eigenvalue weighted by atomic mass is 10.2. The summed E-state index contributed by atoms with van der Waals surface area (Å²) in [5.41, 5.74) is 0.525. The van der Waals surface area contributed by atoms with Crippen LogP contribution >= 0.6 is 23.2 Å². The minimum atomic E-state index is -1.42. The average molecular weight is 470 g/mol. The van der Waals surface area contributed by atoms with Gasteiger partial charge in [-0.2, -0.15) is 10.2 Å². The summed E-state index contributed by atoms with van der Waals surface area (Å²) in [5, 5.41) is 10.9. The summed E-state index contributed by atoms with van der Waals surface area (Å²) in [7, 11) is 5.70. The summed E-state index contributed by atoms with van der Waals surface area (Å²) in [6.07, 6.45) is 0. The number of rotatable bonds is 9. The predicted octanol–water partition coefficient (Wildman–Crippen LogP) is 4.71. The molecular weight excluding hydrogens is 449 g/mol. The molecule has 2 aromatic carbocycles. The Hall–Kier alpha value is -3.04. The summed E-state index contributed by atoms with van der Waals surface area (Å²) in [4.78, 5) is 24.8. The molecule has 0 saturated heterocycles. The first kappa shape index (κ1) is 24.2. The molecule has 0 fully saturated rings. The number of hydrogen-bond donors (Lipinski definition) is 1. The lowest BCUT2D eigenvalue weighted by molar-refractivity contribution is -0.126. The lowest BCUT2D eigenvalue weighted by Crippen LogP contribution is -2.32. The number of amides is 1. The second-order valence-corrected chi connectivity index (χ2v) is 6.80. The largest absolute Gasteiger partial charge is 0.495 e. The second-order valence-electron chi connectivity index (χ2n) is 6.04. The molecule has 2 aromatic rings. The van der Waals surface area contributed by atoms with Crippen LogP contribution in [0.5, 0.6) is 23.0 Å². The Morgan fingerprint density at radius 1 is 0.903 bits per heavy atom. The van der Waals surface area contributed by atoms with Gasteiger partial charge in [0.25, 0.3) is 5.91 Å². The highest BCUT2D eigenvalue weighted by Crippen LogP contribution is 2.40. The molecule has 1 atom stereocenters. The number of carbonyl (C=O) groups is 2. The highest BCUT2D eigenvalue weighted by Gasteiger charge is 2.25. The number of anilines is 1. The van der Waals surface area contributed by atoms with Crippen molar-refractivity contribution in [2.24, 2.45) is 10.2 Å². The van der Waals surface area contributed by atoms with Crippen LogP contribution in [0.25, 0.3) is 0 Å². The fourth-order valence-electron chi connectivity index (χ4n) is 2.55. The Balaban J connectivity index is 2.32. The number of hydrogen-bond acceptors (Lipinski definition) is 8. The highest BCUT2D eigenvalue weighted by molar-refractivity contribution is 6.34. The monoisotopic (exact) mass is 469 g/mol. The van der Waals surface area contributed by atoms with Gasteiger partial charge in [0, 0.05) is 12.1 Å². The average Bonchev–Trinajstić information content (AvgIpc) is 2.74. The van der Waals surface area contributed by atoms with Crippen molar-refractivity contribution < 1.29 is 28.5 Å². The molecule has 0 aliphatic heterocycles. The zero-order valence-corrected chi connectivity index (χ0v) is 19.0. The maximum Gasteiger partial charge on any atom is 0.258 e. The first-order valence-electron chi connectivity index (χ1n) is 8.81. The maximum atomic E-state index is 12.7. The van der Waals surface area contributed by atoms with Crippen LogP contribution in [0.3, 0.4) is 0 Å².